The second kappa shape index (κ2) is 9.10. The predicted molar refractivity (Wildman–Crippen MR) is 115 cm³/mol. The quantitative estimate of drug-likeness (QED) is 0.636. The molecule has 0 radical (unpaired) electrons. The van der Waals surface area contributed by atoms with Crippen LogP contribution in [0.2, 0.25) is 0 Å². The molecule has 1 fully saturated rings. The first-order chi connectivity index (χ1) is 15.4. The lowest BCUT2D eigenvalue weighted by Crippen LogP contribution is -2.37. The fourth-order valence-corrected chi connectivity index (χ4v) is 3.04. The van der Waals surface area contributed by atoms with Crippen LogP contribution in [0.25, 0.3) is 11.4 Å². The number of halogens is 1. The fourth-order valence-electron chi connectivity index (χ4n) is 3.04. The van der Waals surface area contributed by atoms with Gasteiger partial charge in [0.25, 0.3) is 5.91 Å². The molecule has 1 aliphatic rings. The Kier molecular flexibility index (Phi) is 6.08. The number of amides is 1. The molecule has 0 bridgehead atoms. The van der Waals surface area contributed by atoms with E-state index < -0.39 is 5.82 Å². The Bertz CT molecular complexity index is 1120. The normalized spacial score (nSPS) is 13.7. The molecular formula is C21H22FN7O3. The van der Waals surface area contributed by atoms with Gasteiger partial charge in [-0.2, -0.15) is 15.0 Å². The van der Waals surface area contributed by atoms with E-state index in [0.717, 1.165) is 6.07 Å². The van der Waals surface area contributed by atoms with Gasteiger partial charge in [0.15, 0.2) is 17.4 Å². The molecule has 1 saturated heterocycles. The maximum absolute atomic E-state index is 14.7. The van der Waals surface area contributed by atoms with Crippen molar-refractivity contribution in [2.75, 3.05) is 51.0 Å². The van der Waals surface area contributed by atoms with E-state index in [2.05, 4.69) is 19.9 Å². The van der Waals surface area contributed by atoms with Crippen LogP contribution in [0.15, 0.2) is 36.5 Å². The number of pyridine rings is 1. The Balaban J connectivity index is 1.69. The number of rotatable bonds is 5. The Morgan fingerprint density at radius 1 is 1.16 bits per heavy atom. The zero-order valence-electron chi connectivity index (χ0n) is 17.7. The number of carbonyl (C=O) groups excluding carboxylic acids is 1. The van der Waals surface area contributed by atoms with Gasteiger partial charge in [0.05, 0.1) is 13.2 Å². The molecule has 1 aromatic carbocycles. The molecule has 2 aromatic heterocycles. The van der Waals surface area contributed by atoms with Crippen molar-refractivity contribution in [1.29, 1.82) is 0 Å². The zero-order chi connectivity index (χ0) is 22.7. The van der Waals surface area contributed by atoms with E-state index in [1.54, 1.807) is 32.4 Å². The van der Waals surface area contributed by atoms with E-state index in [0.29, 0.717) is 49.5 Å². The minimum Gasteiger partial charge on any atom is -0.421 e. The lowest BCUT2D eigenvalue weighted by molar-refractivity contribution is 0.0827. The summed E-state index contributed by atoms with van der Waals surface area (Å²) in [7, 11) is 3.19. The van der Waals surface area contributed by atoms with Gasteiger partial charge < -0.3 is 25.0 Å². The minimum atomic E-state index is -0.707. The van der Waals surface area contributed by atoms with Crippen molar-refractivity contribution in [3.8, 4) is 23.1 Å². The number of aromatic nitrogens is 4. The van der Waals surface area contributed by atoms with Gasteiger partial charge in [0.2, 0.25) is 5.95 Å². The first-order valence-corrected chi connectivity index (χ1v) is 9.90. The van der Waals surface area contributed by atoms with Gasteiger partial charge in [-0.05, 0) is 30.3 Å². The van der Waals surface area contributed by atoms with Crippen molar-refractivity contribution >= 4 is 17.7 Å². The van der Waals surface area contributed by atoms with Crippen LogP contribution >= 0.6 is 0 Å². The maximum atomic E-state index is 14.7. The van der Waals surface area contributed by atoms with Crippen LogP contribution in [-0.2, 0) is 4.74 Å². The highest BCUT2D eigenvalue weighted by molar-refractivity contribution is 5.94. The van der Waals surface area contributed by atoms with Gasteiger partial charge in [-0.1, -0.05) is 0 Å². The van der Waals surface area contributed by atoms with Crippen LogP contribution in [-0.4, -0.2) is 71.1 Å². The largest absolute Gasteiger partial charge is 0.421 e. The van der Waals surface area contributed by atoms with E-state index in [-0.39, 0.29) is 23.2 Å². The van der Waals surface area contributed by atoms with Crippen molar-refractivity contribution in [3.63, 3.8) is 0 Å². The molecule has 4 rings (SSSR count). The second-order valence-electron chi connectivity index (χ2n) is 7.26. The van der Waals surface area contributed by atoms with Crippen LogP contribution < -0.4 is 15.4 Å². The Morgan fingerprint density at radius 3 is 2.59 bits per heavy atom. The molecule has 32 heavy (non-hydrogen) atoms. The topological polar surface area (TPSA) is 120 Å². The summed E-state index contributed by atoms with van der Waals surface area (Å²) < 4.78 is 25.7. The highest BCUT2D eigenvalue weighted by Gasteiger charge is 2.20. The highest BCUT2D eigenvalue weighted by atomic mass is 19.1. The molecule has 2 N–H and O–H groups in total. The van der Waals surface area contributed by atoms with E-state index in [1.165, 1.54) is 17.0 Å². The third-order valence-corrected chi connectivity index (χ3v) is 4.73. The van der Waals surface area contributed by atoms with E-state index in [9.17, 15) is 9.18 Å². The minimum absolute atomic E-state index is 0.0843. The van der Waals surface area contributed by atoms with Gasteiger partial charge in [-0.15, -0.1) is 0 Å². The molecule has 0 atom stereocenters. The second-order valence-corrected chi connectivity index (χ2v) is 7.26. The summed E-state index contributed by atoms with van der Waals surface area (Å²) in [5.74, 6) is -0.0817. The number of anilines is 2. The average molecular weight is 439 g/mol. The Morgan fingerprint density at radius 2 is 1.94 bits per heavy atom. The molecule has 166 valence electrons. The molecule has 3 aromatic rings. The van der Waals surface area contributed by atoms with Gasteiger partial charge >= 0.3 is 6.01 Å². The lowest BCUT2D eigenvalue weighted by Gasteiger charge is -2.27. The van der Waals surface area contributed by atoms with Crippen LogP contribution in [0.3, 0.4) is 0 Å². The zero-order valence-corrected chi connectivity index (χ0v) is 17.7. The van der Waals surface area contributed by atoms with E-state index in [4.69, 9.17) is 15.2 Å². The molecule has 11 heteroatoms. The van der Waals surface area contributed by atoms with Crippen molar-refractivity contribution in [2.24, 2.45) is 0 Å². The fraction of sp³-hybridized carbons (Fsp3) is 0.286. The van der Waals surface area contributed by atoms with Crippen molar-refractivity contribution in [2.45, 2.75) is 0 Å². The first kappa shape index (κ1) is 21.4. The molecule has 0 aliphatic carbocycles. The number of morpholine rings is 1. The number of nitrogen functional groups attached to an aromatic ring is 1. The van der Waals surface area contributed by atoms with Gasteiger partial charge in [0.1, 0.15) is 5.82 Å². The SMILES string of the molecule is CN(C)C(=O)c1ccc(Oc2nc(-c3ccc(N)nc3)nc(N3CCOCC3)n2)c(F)c1. The number of hydrogen-bond donors (Lipinski definition) is 1. The summed E-state index contributed by atoms with van der Waals surface area (Å²) >= 11 is 0. The van der Waals surface area contributed by atoms with Crippen LogP contribution in [0, 0.1) is 5.82 Å². The molecule has 10 nitrogen and oxygen atoms in total. The van der Waals surface area contributed by atoms with Crippen molar-refractivity contribution in [1.82, 2.24) is 24.8 Å². The van der Waals surface area contributed by atoms with Crippen LogP contribution in [0.1, 0.15) is 10.4 Å². The molecule has 0 saturated carbocycles. The summed E-state index contributed by atoms with van der Waals surface area (Å²) in [4.78, 5) is 32.6. The molecule has 1 amide bonds. The molecule has 1 aliphatic heterocycles. The standard InChI is InChI=1S/C21H22FN7O3/c1-28(2)19(30)13-3-5-16(15(22)11-13)32-21-26-18(14-4-6-17(23)24-12-14)25-20(27-21)29-7-9-31-10-8-29/h3-6,11-12H,7-10H2,1-2H3,(H2,23,24). The first-order valence-electron chi connectivity index (χ1n) is 9.90. The number of ether oxygens (including phenoxy) is 2. The molecular weight excluding hydrogens is 417 g/mol. The third-order valence-electron chi connectivity index (χ3n) is 4.73. The number of benzene rings is 1. The van der Waals surface area contributed by atoms with Crippen molar-refractivity contribution < 1.29 is 18.7 Å². The van der Waals surface area contributed by atoms with Gasteiger partial charge in [0, 0.05) is 44.5 Å². The number of carbonyl (C=O) groups is 1. The lowest BCUT2D eigenvalue weighted by atomic mass is 10.2. The average Bonchev–Trinajstić information content (AvgIpc) is 2.80. The number of nitrogens with zero attached hydrogens (tertiary/aromatic N) is 6. The summed E-state index contributed by atoms with van der Waals surface area (Å²) in [6.07, 6.45) is 1.54. The highest BCUT2D eigenvalue weighted by Crippen LogP contribution is 2.27. The smallest absolute Gasteiger partial charge is 0.327 e. The monoisotopic (exact) mass is 439 g/mol. The van der Waals surface area contributed by atoms with E-state index >= 15 is 0 Å². The number of nitrogens with two attached hydrogens (primary N) is 1. The summed E-state index contributed by atoms with van der Waals surface area (Å²) in [6.45, 7) is 2.27. The number of hydrogen-bond acceptors (Lipinski definition) is 9. The Labute approximate surface area is 183 Å². The van der Waals surface area contributed by atoms with Crippen LogP contribution in [0.4, 0.5) is 16.2 Å². The van der Waals surface area contributed by atoms with Crippen molar-refractivity contribution in [3.05, 3.63) is 47.9 Å². The molecule has 0 spiro atoms. The predicted octanol–water partition coefficient (Wildman–Crippen LogP) is 1.99. The third kappa shape index (κ3) is 4.72. The summed E-state index contributed by atoms with van der Waals surface area (Å²) in [5, 5.41) is 0. The maximum Gasteiger partial charge on any atom is 0.327 e. The van der Waals surface area contributed by atoms with Gasteiger partial charge in [-0.25, -0.2) is 9.37 Å². The Hall–Kier alpha value is -3.86. The molecule has 0 unspecified atom stereocenters. The van der Waals surface area contributed by atoms with Crippen LogP contribution in [0.5, 0.6) is 11.8 Å². The van der Waals surface area contributed by atoms with E-state index in [1.807, 2.05) is 4.90 Å². The summed E-state index contributed by atoms with van der Waals surface area (Å²) in [5.41, 5.74) is 6.48. The summed E-state index contributed by atoms with van der Waals surface area (Å²) in [6, 6.07) is 7.25. The molecule has 3 heterocycles. The van der Waals surface area contributed by atoms with Gasteiger partial charge in [-0.3, -0.25) is 4.79 Å².